The summed E-state index contributed by atoms with van der Waals surface area (Å²) in [5.41, 5.74) is 0.760. The average Bonchev–Trinajstić information content (AvgIpc) is 2.65. The lowest BCUT2D eigenvalue weighted by molar-refractivity contribution is 0.0942. The largest absolute Gasteiger partial charge is 0.349 e. The summed E-state index contributed by atoms with van der Waals surface area (Å²) in [4.78, 5) is 12.4. The Morgan fingerprint density at radius 1 is 1.67 bits per heavy atom. The van der Waals surface area contributed by atoms with Gasteiger partial charge >= 0.3 is 0 Å². The van der Waals surface area contributed by atoms with Gasteiger partial charge in [0.2, 0.25) is 0 Å². The Balaban J connectivity index is 2.61. The molecule has 1 atom stereocenters. The number of aryl methyl sites for hydroxylation is 1. The van der Waals surface area contributed by atoms with Gasteiger partial charge in [-0.05, 0) is 31.3 Å². The monoisotopic (exact) mass is 247 g/mol. The van der Waals surface area contributed by atoms with E-state index in [0.717, 1.165) is 30.1 Å². The fraction of sp³-hybridized carbons (Fsp3) is 0.667. The quantitative estimate of drug-likeness (QED) is 0.808. The summed E-state index contributed by atoms with van der Waals surface area (Å²) >= 11 is 6.73. The van der Waals surface area contributed by atoms with E-state index in [1.165, 1.54) is 0 Å². The van der Waals surface area contributed by atoms with E-state index < -0.39 is 0 Å². The lowest BCUT2D eigenvalue weighted by Gasteiger charge is -2.11. The molecule has 0 aromatic carbocycles. The van der Waals surface area contributed by atoms with Crippen molar-refractivity contribution in [2.75, 3.05) is 5.88 Å². The van der Waals surface area contributed by atoms with Crippen LogP contribution in [-0.4, -0.2) is 27.4 Å². The minimum Gasteiger partial charge on any atom is -0.349 e. The van der Waals surface area contributed by atoms with Crippen molar-refractivity contribution < 1.29 is 4.79 Å². The zero-order chi connectivity index (χ0) is 11.3. The zero-order valence-electron chi connectivity index (χ0n) is 8.79. The highest BCUT2D eigenvalue weighted by molar-refractivity contribution is 7.08. The van der Waals surface area contributed by atoms with Gasteiger partial charge in [0, 0.05) is 11.9 Å². The second kappa shape index (κ2) is 6.02. The third kappa shape index (κ3) is 3.43. The van der Waals surface area contributed by atoms with Crippen LogP contribution in [0.1, 0.15) is 35.6 Å². The van der Waals surface area contributed by atoms with Crippen molar-refractivity contribution >= 4 is 29.0 Å². The first-order chi connectivity index (χ1) is 7.19. The van der Waals surface area contributed by atoms with E-state index in [0.29, 0.717) is 10.8 Å². The molecular weight excluding hydrogens is 234 g/mol. The summed E-state index contributed by atoms with van der Waals surface area (Å²) in [6, 6.07) is 0.0850. The van der Waals surface area contributed by atoms with Crippen LogP contribution in [-0.2, 0) is 6.42 Å². The smallest absolute Gasteiger partial charge is 0.265 e. The van der Waals surface area contributed by atoms with Gasteiger partial charge in [-0.15, -0.1) is 16.7 Å². The number of hydrogen-bond donors (Lipinski definition) is 1. The third-order valence-corrected chi connectivity index (χ3v) is 3.00. The van der Waals surface area contributed by atoms with E-state index in [-0.39, 0.29) is 11.9 Å². The number of amides is 1. The first-order valence-electron chi connectivity index (χ1n) is 4.87. The topological polar surface area (TPSA) is 54.9 Å². The summed E-state index contributed by atoms with van der Waals surface area (Å²) in [6.45, 7) is 3.88. The Hall–Kier alpha value is -0.680. The molecule has 0 spiro atoms. The molecule has 0 fully saturated rings. The molecule has 1 aromatic heterocycles. The number of carbonyl (C=O) groups excluding carboxylic acids is 1. The second-order valence-corrected chi connectivity index (χ2v) is 4.39. The molecule has 0 aliphatic heterocycles. The standard InChI is InChI=1S/C9H14ClN3OS/c1-3-7-8(15-13-12-7)9(14)11-6(2)4-5-10/h6H,3-5H2,1-2H3,(H,11,14). The number of hydrogen-bond acceptors (Lipinski definition) is 4. The maximum absolute atomic E-state index is 11.7. The van der Waals surface area contributed by atoms with Crippen molar-refractivity contribution in [2.24, 2.45) is 0 Å². The van der Waals surface area contributed by atoms with Crippen molar-refractivity contribution in [3.05, 3.63) is 10.6 Å². The molecule has 1 amide bonds. The summed E-state index contributed by atoms with van der Waals surface area (Å²) < 4.78 is 3.77. The van der Waals surface area contributed by atoms with Gasteiger partial charge in [0.1, 0.15) is 4.88 Å². The lowest BCUT2D eigenvalue weighted by atomic mass is 10.2. The Labute approximate surface area is 98.2 Å². The number of halogens is 1. The van der Waals surface area contributed by atoms with Crippen molar-refractivity contribution in [3.8, 4) is 0 Å². The minimum atomic E-state index is -0.0977. The van der Waals surface area contributed by atoms with E-state index >= 15 is 0 Å². The van der Waals surface area contributed by atoms with Crippen LogP contribution in [0.2, 0.25) is 0 Å². The Kier molecular flexibility index (Phi) is 4.98. The van der Waals surface area contributed by atoms with Crippen LogP contribution in [0, 0.1) is 0 Å². The van der Waals surface area contributed by atoms with E-state index in [4.69, 9.17) is 11.6 Å². The SMILES string of the molecule is CCc1nnsc1C(=O)NC(C)CCCl. The average molecular weight is 248 g/mol. The molecule has 4 nitrogen and oxygen atoms in total. The maximum atomic E-state index is 11.7. The molecular formula is C9H14ClN3OS. The van der Waals surface area contributed by atoms with Crippen LogP contribution in [0.4, 0.5) is 0 Å². The van der Waals surface area contributed by atoms with Crippen LogP contribution < -0.4 is 5.32 Å². The fourth-order valence-electron chi connectivity index (χ4n) is 1.14. The number of aromatic nitrogens is 2. The zero-order valence-corrected chi connectivity index (χ0v) is 10.4. The van der Waals surface area contributed by atoms with Gasteiger partial charge in [0.05, 0.1) is 5.69 Å². The van der Waals surface area contributed by atoms with E-state index in [1.54, 1.807) is 0 Å². The first-order valence-corrected chi connectivity index (χ1v) is 6.17. The number of nitrogens with zero attached hydrogens (tertiary/aromatic N) is 2. The number of alkyl halides is 1. The minimum absolute atomic E-state index is 0.0850. The Morgan fingerprint density at radius 2 is 2.40 bits per heavy atom. The summed E-state index contributed by atoms with van der Waals surface area (Å²) in [5, 5.41) is 6.76. The van der Waals surface area contributed by atoms with Crippen LogP contribution in [0.15, 0.2) is 0 Å². The Morgan fingerprint density at radius 3 is 3.00 bits per heavy atom. The highest BCUT2D eigenvalue weighted by Gasteiger charge is 2.16. The van der Waals surface area contributed by atoms with Gasteiger partial charge in [-0.25, -0.2) is 0 Å². The van der Waals surface area contributed by atoms with Gasteiger partial charge < -0.3 is 5.32 Å². The predicted molar refractivity (Wildman–Crippen MR) is 61.6 cm³/mol. The maximum Gasteiger partial charge on any atom is 0.265 e. The van der Waals surface area contributed by atoms with Crippen LogP contribution in [0.25, 0.3) is 0 Å². The number of carbonyl (C=O) groups is 1. The molecule has 1 heterocycles. The fourth-order valence-corrected chi connectivity index (χ4v) is 2.12. The van der Waals surface area contributed by atoms with E-state index in [1.807, 2.05) is 13.8 Å². The van der Waals surface area contributed by atoms with E-state index in [2.05, 4.69) is 14.9 Å². The molecule has 0 aliphatic rings. The molecule has 6 heteroatoms. The van der Waals surface area contributed by atoms with Crippen molar-refractivity contribution in [2.45, 2.75) is 32.7 Å². The van der Waals surface area contributed by atoms with Gasteiger partial charge in [-0.3, -0.25) is 4.79 Å². The van der Waals surface area contributed by atoms with Crippen molar-refractivity contribution in [1.29, 1.82) is 0 Å². The molecule has 0 saturated carbocycles. The molecule has 1 unspecified atom stereocenters. The molecule has 0 bridgehead atoms. The van der Waals surface area contributed by atoms with Crippen molar-refractivity contribution in [1.82, 2.24) is 14.9 Å². The molecule has 0 saturated heterocycles. The van der Waals surface area contributed by atoms with Crippen LogP contribution >= 0.6 is 23.1 Å². The first kappa shape index (κ1) is 12.4. The summed E-state index contributed by atoms with van der Waals surface area (Å²) in [7, 11) is 0. The number of nitrogens with one attached hydrogen (secondary N) is 1. The number of rotatable bonds is 5. The highest BCUT2D eigenvalue weighted by atomic mass is 35.5. The van der Waals surface area contributed by atoms with Gasteiger partial charge in [0.25, 0.3) is 5.91 Å². The molecule has 1 N–H and O–H groups in total. The molecule has 0 radical (unpaired) electrons. The highest BCUT2D eigenvalue weighted by Crippen LogP contribution is 2.11. The summed E-state index contributed by atoms with van der Waals surface area (Å²) in [5.74, 6) is 0.447. The molecule has 15 heavy (non-hydrogen) atoms. The van der Waals surface area contributed by atoms with Gasteiger partial charge in [-0.2, -0.15) is 0 Å². The normalized spacial score (nSPS) is 12.5. The summed E-state index contributed by atoms with van der Waals surface area (Å²) in [6.07, 6.45) is 1.49. The molecule has 84 valence electrons. The van der Waals surface area contributed by atoms with Gasteiger partial charge in [0.15, 0.2) is 0 Å². The van der Waals surface area contributed by atoms with E-state index in [9.17, 15) is 4.79 Å². The second-order valence-electron chi connectivity index (χ2n) is 3.25. The predicted octanol–water partition coefficient (Wildman–Crippen LogP) is 1.85. The molecule has 0 aliphatic carbocycles. The van der Waals surface area contributed by atoms with Crippen molar-refractivity contribution in [3.63, 3.8) is 0 Å². The van der Waals surface area contributed by atoms with Crippen LogP contribution in [0.5, 0.6) is 0 Å². The van der Waals surface area contributed by atoms with Gasteiger partial charge in [-0.1, -0.05) is 11.4 Å². The third-order valence-electron chi connectivity index (χ3n) is 2.02. The molecule has 1 rings (SSSR count). The lowest BCUT2D eigenvalue weighted by Crippen LogP contribution is -2.32. The Bertz CT molecular complexity index is 329. The van der Waals surface area contributed by atoms with Crippen LogP contribution in [0.3, 0.4) is 0 Å². The molecule has 1 aromatic rings.